The fraction of sp³-hybridized carbons (Fsp3) is 0.357. The monoisotopic (exact) mass is 498 g/mol. The minimum absolute atomic E-state index is 0.0676. The van der Waals surface area contributed by atoms with Crippen molar-refractivity contribution in [3.8, 4) is 0 Å². The SMILES string of the molecule is CC(C)(C)[C@H](NC(=O)c1cc2ccccc2[nH]1)C(=O)N1C[C@@H]2C[C@H]1CN2C(=O)c1n[nH]c2ccccc12. The van der Waals surface area contributed by atoms with Crippen LogP contribution in [0.3, 0.4) is 0 Å². The second kappa shape index (κ2) is 8.47. The first-order chi connectivity index (χ1) is 17.7. The van der Waals surface area contributed by atoms with Crippen LogP contribution >= 0.6 is 0 Å². The van der Waals surface area contributed by atoms with Gasteiger partial charge in [-0.25, -0.2) is 0 Å². The van der Waals surface area contributed by atoms with Gasteiger partial charge in [0.15, 0.2) is 5.69 Å². The molecule has 2 aliphatic heterocycles. The number of H-pyrrole nitrogens is 2. The number of aromatic nitrogens is 3. The largest absolute Gasteiger partial charge is 0.351 e. The molecular weight excluding hydrogens is 468 g/mol. The summed E-state index contributed by atoms with van der Waals surface area (Å²) in [5, 5.41) is 11.9. The average Bonchev–Trinajstić information content (AvgIpc) is 3.66. The van der Waals surface area contributed by atoms with E-state index in [0.29, 0.717) is 24.5 Å². The number of nitrogens with one attached hydrogen (secondary N) is 3. The standard InChI is InChI=1S/C28H30N6O3/c1-28(2,3)24(30-25(35)22-12-16-8-4-6-10-20(16)29-22)27(37)34-15-17-13-18(34)14-33(17)26(36)23-19-9-5-7-11-21(19)31-32-23/h4-12,17-18,24,29H,13-15H2,1-3H3,(H,30,35)(H,31,32)/t17-,18-,24+/m0/s1. The summed E-state index contributed by atoms with van der Waals surface area (Å²) in [6.07, 6.45) is 0.729. The number of hydrogen-bond acceptors (Lipinski definition) is 4. The van der Waals surface area contributed by atoms with E-state index in [2.05, 4.69) is 20.5 Å². The van der Waals surface area contributed by atoms with E-state index in [9.17, 15) is 14.4 Å². The highest BCUT2D eigenvalue weighted by Gasteiger charge is 2.50. The normalized spacial score (nSPS) is 20.1. The number of carbonyl (C=O) groups is 3. The Labute approximate surface area is 214 Å². The quantitative estimate of drug-likeness (QED) is 0.401. The van der Waals surface area contributed by atoms with Crippen LogP contribution in [0.4, 0.5) is 0 Å². The van der Waals surface area contributed by atoms with Gasteiger partial charge < -0.3 is 20.1 Å². The molecule has 4 heterocycles. The van der Waals surface area contributed by atoms with E-state index in [1.54, 1.807) is 6.07 Å². The Hall–Kier alpha value is -4.14. The van der Waals surface area contributed by atoms with Crippen LogP contribution in [-0.2, 0) is 4.79 Å². The van der Waals surface area contributed by atoms with Gasteiger partial charge in [-0.05, 0) is 30.0 Å². The lowest BCUT2D eigenvalue weighted by Crippen LogP contribution is -2.59. The zero-order chi connectivity index (χ0) is 25.9. The second-order valence-corrected chi connectivity index (χ2v) is 11.2. The molecule has 9 heteroatoms. The number of para-hydroxylation sites is 2. The van der Waals surface area contributed by atoms with Gasteiger partial charge in [-0.15, -0.1) is 0 Å². The summed E-state index contributed by atoms with van der Waals surface area (Å²) < 4.78 is 0. The molecule has 0 radical (unpaired) electrons. The summed E-state index contributed by atoms with van der Waals surface area (Å²) in [5.41, 5.74) is 2.04. The third-order valence-electron chi connectivity index (χ3n) is 7.62. The van der Waals surface area contributed by atoms with Gasteiger partial charge in [0.05, 0.1) is 17.6 Å². The van der Waals surface area contributed by atoms with Crippen LogP contribution < -0.4 is 5.32 Å². The average molecular weight is 499 g/mol. The van der Waals surface area contributed by atoms with Gasteiger partial charge in [-0.2, -0.15) is 5.10 Å². The molecule has 2 saturated heterocycles. The highest BCUT2D eigenvalue weighted by atomic mass is 16.2. The zero-order valence-corrected chi connectivity index (χ0v) is 21.1. The Bertz CT molecular complexity index is 1500. The van der Waals surface area contributed by atoms with E-state index in [0.717, 1.165) is 28.2 Å². The van der Waals surface area contributed by atoms with Crippen molar-refractivity contribution in [3.05, 3.63) is 66.0 Å². The topological polar surface area (TPSA) is 114 Å². The Morgan fingerprint density at radius 1 is 0.973 bits per heavy atom. The molecular formula is C28H30N6O3. The molecule has 0 spiro atoms. The van der Waals surface area contributed by atoms with Crippen molar-refractivity contribution in [3.63, 3.8) is 0 Å². The molecule has 3 amide bonds. The van der Waals surface area contributed by atoms with Gasteiger partial charge in [0, 0.05) is 29.4 Å². The maximum Gasteiger partial charge on any atom is 0.275 e. The van der Waals surface area contributed by atoms with Crippen LogP contribution in [0.25, 0.3) is 21.8 Å². The number of hydrogen-bond donors (Lipinski definition) is 3. The first kappa shape index (κ1) is 23.3. The maximum absolute atomic E-state index is 13.8. The Morgan fingerprint density at radius 2 is 1.65 bits per heavy atom. The molecule has 9 nitrogen and oxygen atoms in total. The summed E-state index contributed by atoms with van der Waals surface area (Å²) in [7, 11) is 0. The van der Waals surface area contributed by atoms with E-state index in [-0.39, 0.29) is 29.8 Å². The summed E-state index contributed by atoms with van der Waals surface area (Å²) in [6.45, 7) is 6.77. The number of nitrogens with zero attached hydrogens (tertiary/aromatic N) is 3. The van der Waals surface area contributed by atoms with Crippen molar-refractivity contribution in [2.45, 2.75) is 45.3 Å². The predicted molar refractivity (Wildman–Crippen MR) is 140 cm³/mol. The molecule has 0 aliphatic carbocycles. The summed E-state index contributed by atoms with van der Waals surface area (Å²) >= 11 is 0. The van der Waals surface area contributed by atoms with Gasteiger partial charge in [-0.3, -0.25) is 19.5 Å². The number of piperazine rings is 1. The van der Waals surface area contributed by atoms with Crippen molar-refractivity contribution < 1.29 is 14.4 Å². The van der Waals surface area contributed by atoms with E-state index >= 15 is 0 Å². The summed E-state index contributed by atoms with van der Waals surface area (Å²) in [6, 6.07) is 16.2. The molecule has 6 rings (SSSR count). The van der Waals surface area contributed by atoms with E-state index < -0.39 is 11.5 Å². The third kappa shape index (κ3) is 3.94. The molecule has 2 aliphatic rings. The van der Waals surface area contributed by atoms with E-state index in [1.165, 1.54) is 0 Å². The van der Waals surface area contributed by atoms with Gasteiger partial charge in [0.25, 0.3) is 11.8 Å². The van der Waals surface area contributed by atoms with Crippen molar-refractivity contribution in [1.82, 2.24) is 30.3 Å². The molecule has 3 atom stereocenters. The summed E-state index contributed by atoms with van der Waals surface area (Å²) in [4.78, 5) is 47.1. The fourth-order valence-electron chi connectivity index (χ4n) is 5.67. The van der Waals surface area contributed by atoms with Crippen molar-refractivity contribution in [2.75, 3.05) is 13.1 Å². The molecule has 2 bridgehead atoms. The highest BCUT2D eigenvalue weighted by Crippen LogP contribution is 2.34. The van der Waals surface area contributed by atoms with Crippen molar-refractivity contribution in [1.29, 1.82) is 0 Å². The summed E-state index contributed by atoms with van der Waals surface area (Å²) in [5.74, 6) is -0.533. The first-order valence-electron chi connectivity index (χ1n) is 12.6. The lowest BCUT2D eigenvalue weighted by Gasteiger charge is -2.39. The minimum Gasteiger partial charge on any atom is -0.351 e. The van der Waals surface area contributed by atoms with Crippen LogP contribution in [-0.4, -0.2) is 73.9 Å². The highest BCUT2D eigenvalue weighted by molar-refractivity contribution is 6.05. The minimum atomic E-state index is -0.704. The molecule has 2 aromatic heterocycles. The number of amides is 3. The molecule has 2 fully saturated rings. The molecule has 2 aromatic carbocycles. The number of benzene rings is 2. The predicted octanol–water partition coefficient (Wildman–Crippen LogP) is 3.31. The van der Waals surface area contributed by atoms with Gasteiger partial charge in [0.2, 0.25) is 5.91 Å². The number of fused-ring (bicyclic) bond motifs is 4. The van der Waals surface area contributed by atoms with Gasteiger partial charge in [-0.1, -0.05) is 57.2 Å². The smallest absolute Gasteiger partial charge is 0.275 e. The van der Waals surface area contributed by atoms with Crippen LogP contribution in [0, 0.1) is 5.41 Å². The molecule has 37 heavy (non-hydrogen) atoms. The Morgan fingerprint density at radius 3 is 2.35 bits per heavy atom. The maximum atomic E-state index is 13.8. The molecule has 4 aromatic rings. The lowest BCUT2D eigenvalue weighted by atomic mass is 9.85. The van der Waals surface area contributed by atoms with Crippen molar-refractivity contribution >= 4 is 39.5 Å². The number of likely N-dealkylation sites (tertiary alicyclic amines) is 2. The molecule has 3 N–H and O–H groups in total. The van der Waals surface area contributed by atoms with Crippen LogP contribution in [0.15, 0.2) is 54.6 Å². The van der Waals surface area contributed by atoms with Gasteiger partial charge in [0.1, 0.15) is 11.7 Å². The number of aromatic amines is 2. The number of rotatable bonds is 4. The number of carbonyl (C=O) groups excluding carboxylic acids is 3. The molecule has 0 unspecified atom stereocenters. The second-order valence-electron chi connectivity index (χ2n) is 11.2. The lowest BCUT2D eigenvalue weighted by molar-refractivity contribution is -0.138. The van der Waals surface area contributed by atoms with Crippen LogP contribution in [0.5, 0.6) is 0 Å². The Balaban J connectivity index is 1.18. The van der Waals surface area contributed by atoms with E-state index in [4.69, 9.17) is 0 Å². The zero-order valence-electron chi connectivity index (χ0n) is 21.1. The van der Waals surface area contributed by atoms with E-state index in [1.807, 2.05) is 79.1 Å². The van der Waals surface area contributed by atoms with Gasteiger partial charge >= 0.3 is 0 Å². The van der Waals surface area contributed by atoms with Crippen LogP contribution in [0.1, 0.15) is 48.2 Å². The molecule has 0 saturated carbocycles. The fourth-order valence-corrected chi connectivity index (χ4v) is 5.67. The van der Waals surface area contributed by atoms with Crippen molar-refractivity contribution in [2.24, 2.45) is 5.41 Å². The van der Waals surface area contributed by atoms with Crippen LogP contribution in [0.2, 0.25) is 0 Å². The molecule has 190 valence electrons. The Kier molecular flexibility index (Phi) is 5.33. The first-order valence-corrected chi connectivity index (χ1v) is 12.6. The third-order valence-corrected chi connectivity index (χ3v) is 7.62.